The number of nitrogens with zero attached hydrogens (tertiary/aromatic N) is 1. The van der Waals surface area contributed by atoms with E-state index in [1.54, 1.807) is 12.4 Å². The van der Waals surface area contributed by atoms with Gasteiger partial charge in [-0.1, -0.05) is 0 Å². The number of hydrogen-bond donors (Lipinski definition) is 2. The Kier molecular flexibility index (Phi) is 3.00. The second-order valence-corrected chi connectivity index (χ2v) is 6.32. The Morgan fingerprint density at radius 1 is 1.50 bits per heavy atom. The molecule has 0 bridgehead atoms. The summed E-state index contributed by atoms with van der Waals surface area (Å²) in [5.41, 5.74) is 1.96. The van der Waals surface area contributed by atoms with Gasteiger partial charge in [0.1, 0.15) is 9.84 Å². The smallest absolute Gasteiger partial charge is 0.147 e. The van der Waals surface area contributed by atoms with Crippen molar-refractivity contribution in [3.8, 4) is 0 Å². The van der Waals surface area contributed by atoms with E-state index in [0.717, 1.165) is 17.9 Å². The molecular formula is C10H15N3O2S. The highest BCUT2D eigenvalue weighted by Gasteiger charge is 2.18. The molecule has 5 nitrogen and oxygen atoms in total. The maximum atomic E-state index is 11.1. The summed E-state index contributed by atoms with van der Waals surface area (Å²) in [6.45, 7) is 0.730. The zero-order valence-corrected chi connectivity index (χ0v) is 9.92. The van der Waals surface area contributed by atoms with E-state index < -0.39 is 9.84 Å². The van der Waals surface area contributed by atoms with Gasteiger partial charge in [-0.2, -0.15) is 0 Å². The molecule has 1 aromatic rings. The number of aromatic nitrogens is 1. The maximum absolute atomic E-state index is 11.1. The molecule has 2 rings (SSSR count). The van der Waals surface area contributed by atoms with E-state index in [-0.39, 0.29) is 11.8 Å². The van der Waals surface area contributed by atoms with Crippen LogP contribution in [0.4, 0.5) is 11.4 Å². The molecule has 0 fully saturated rings. The van der Waals surface area contributed by atoms with Crippen molar-refractivity contribution in [2.75, 3.05) is 29.2 Å². The van der Waals surface area contributed by atoms with E-state index in [2.05, 4.69) is 15.6 Å². The molecule has 1 aliphatic heterocycles. The number of rotatable bonds is 3. The first-order valence-electron chi connectivity index (χ1n) is 5.17. The minimum atomic E-state index is -2.88. The van der Waals surface area contributed by atoms with E-state index in [4.69, 9.17) is 0 Å². The molecular weight excluding hydrogens is 226 g/mol. The highest BCUT2D eigenvalue weighted by molar-refractivity contribution is 7.90. The van der Waals surface area contributed by atoms with E-state index in [1.807, 2.05) is 6.07 Å². The normalized spacial score (nSPS) is 19.4. The molecule has 6 heteroatoms. The third-order valence-electron chi connectivity index (χ3n) is 2.56. The zero-order chi connectivity index (χ0) is 11.6. The molecule has 0 radical (unpaired) electrons. The van der Waals surface area contributed by atoms with Crippen LogP contribution in [-0.2, 0) is 9.84 Å². The van der Waals surface area contributed by atoms with Crippen molar-refractivity contribution in [2.45, 2.75) is 12.5 Å². The molecule has 0 saturated heterocycles. The lowest BCUT2D eigenvalue weighted by Crippen LogP contribution is -2.34. The predicted octanol–water partition coefficient (Wildman–Crippen LogP) is 0.722. The molecule has 0 spiro atoms. The molecule has 1 aliphatic rings. The Hall–Kier alpha value is -1.30. The van der Waals surface area contributed by atoms with E-state index in [0.29, 0.717) is 6.42 Å². The fourth-order valence-corrected chi connectivity index (χ4v) is 2.41. The third kappa shape index (κ3) is 2.85. The molecule has 0 aliphatic carbocycles. The summed E-state index contributed by atoms with van der Waals surface area (Å²) < 4.78 is 22.1. The van der Waals surface area contributed by atoms with Gasteiger partial charge < -0.3 is 10.6 Å². The van der Waals surface area contributed by atoms with Crippen molar-refractivity contribution >= 4 is 21.2 Å². The summed E-state index contributed by atoms with van der Waals surface area (Å²) >= 11 is 0. The van der Waals surface area contributed by atoms with Crippen molar-refractivity contribution < 1.29 is 8.42 Å². The quantitative estimate of drug-likeness (QED) is 0.816. The first-order valence-corrected chi connectivity index (χ1v) is 7.23. The highest BCUT2D eigenvalue weighted by atomic mass is 32.2. The first kappa shape index (κ1) is 11.2. The maximum Gasteiger partial charge on any atom is 0.147 e. The molecule has 1 atom stereocenters. The lowest BCUT2D eigenvalue weighted by Gasteiger charge is -2.27. The van der Waals surface area contributed by atoms with Crippen LogP contribution in [0.3, 0.4) is 0 Å². The van der Waals surface area contributed by atoms with Crippen LogP contribution < -0.4 is 10.6 Å². The third-order valence-corrected chi connectivity index (χ3v) is 3.53. The van der Waals surface area contributed by atoms with Crippen LogP contribution in [0.15, 0.2) is 18.5 Å². The predicted molar refractivity (Wildman–Crippen MR) is 64.5 cm³/mol. The van der Waals surface area contributed by atoms with E-state index >= 15 is 0 Å². The Bertz CT molecular complexity index is 473. The van der Waals surface area contributed by atoms with Gasteiger partial charge in [0.25, 0.3) is 0 Å². The van der Waals surface area contributed by atoms with Crippen LogP contribution in [0.1, 0.15) is 6.42 Å². The number of fused-ring (bicyclic) bond motifs is 1. The second kappa shape index (κ2) is 4.29. The molecule has 88 valence electrons. The van der Waals surface area contributed by atoms with Gasteiger partial charge >= 0.3 is 0 Å². The van der Waals surface area contributed by atoms with Crippen molar-refractivity contribution in [2.24, 2.45) is 0 Å². The SMILES string of the molecule is CS(=O)(=O)CCC1CNc2cnccc2N1. The average Bonchev–Trinajstić information content (AvgIpc) is 2.25. The largest absolute Gasteiger partial charge is 0.380 e. The first-order chi connectivity index (χ1) is 7.54. The Morgan fingerprint density at radius 2 is 2.31 bits per heavy atom. The van der Waals surface area contributed by atoms with Crippen LogP contribution >= 0.6 is 0 Å². The molecule has 2 N–H and O–H groups in total. The van der Waals surface area contributed by atoms with Crippen molar-refractivity contribution in [3.05, 3.63) is 18.5 Å². The van der Waals surface area contributed by atoms with Crippen molar-refractivity contribution in [1.82, 2.24) is 4.98 Å². The van der Waals surface area contributed by atoms with Gasteiger partial charge in [-0.25, -0.2) is 8.42 Å². The van der Waals surface area contributed by atoms with Gasteiger partial charge in [-0.15, -0.1) is 0 Å². The molecule has 0 aromatic carbocycles. The Labute approximate surface area is 95.2 Å². The van der Waals surface area contributed by atoms with Crippen molar-refractivity contribution in [1.29, 1.82) is 0 Å². The highest BCUT2D eigenvalue weighted by Crippen LogP contribution is 2.24. The van der Waals surface area contributed by atoms with Gasteiger partial charge in [-0.3, -0.25) is 4.98 Å². The summed E-state index contributed by atoms with van der Waals surface area (Å²) in [6.07, 6.45) is 5.36. The summed E-state index contributed by atoms with van der Waals surface area (Å²) in [5, 5.41) is 6.53. The number of pyridine rings is 1. The van der Waals surface area contributed by atoms with E-state index in [9.17, 15) is 8.42 Å². The Morgan fingerprint density at radius 3 is 3.06 bits per heavy atom. The molecule has 0 amide bonds. The van der Waals surface area contributed by atoms with E-state index in [1.165, 1.54) is 6.26 Å². The van der Waals surface area contributed by atoms with Gasteiger partial charge in [-0.05, 0) is 12.5 Å². The molecule has 0 saturated carbocycles. The van der Waals surface area contributed by atoms with Crippen LogP contribution in [0.5, 0.6) is 0 Å². The fraction of sp³-hybridized carbons (Fsp3) is 0.500. The lowest BCUT2D eigenvalue weighted by atomic mass is 10.1. The van der Waals surface area contributed by atoms with Crippen LogP contribution in [0, 0.1) is 0 Å². The average molecular weight is 241 g/mol. The minimum absolute atomic E-state index is 0.157. The van der Waals surface area contributed by atoms with Crippen LogP contribution in [0.25, 0.3) is 0 Å². The molecule has 16 heavy (non-hydrogen) atoms. The second-order valence-electron chi connectivity index (χ2n) is 4.06. The number of nitrogens with one attached hydrogen (secondary N) is 2. The number of hydrogen-bond acceptors (Lipinski definition) is 5. The number of anilines is 2. The minimum Gasteiger partial charge on any atom is -0.380 e. The van der Waals surface area contributed by atoms with Crippen LogP contribution in [-0.4, -0.2) is 38.0 Å². The fourth-order valence-electron chi connectivity index (χ4n) is 1.70. The molecule has 1 unspecified atom stereocenters. The topological polar surface area (TPSA) is 71.1 Å². The summed E-state index contributed by atoms with van der Waals surface area (Å²) in [6, 6.07) is 2.04. The summed E-state index contributed by atoms with van der Waals surface area (Å²) in [7, 11) is -2.88. The zero-order valence-electron chi connectivity index (χ0n) is 9.10. The van der Waals surface area contributed by atoms with Crippen LogP contribution in [0.2, 0.25) is 0 Å². The monoisotopic (exact) mass is 241 g/mol. The Balaban J connectivity index is 1.98. The lowest BCUT2D eigenvalue weighted by molar-refractivity contribution is 0.594. The van der Waals surface area contributed by atoms with Gasteiger partial charge in [0.2, 0.25) is 0 Å². The van der Waals surface area contributed by atoms with Gasteiger partial charge in [0, 0.05) is 25.0 Å². The standard InChI is InChI=1S/C10H15N3O2S/c1-16(14,15)5-3-8-6-12-10-7-11-4-2-9(10)13-8/h2,4,7-8,12-13H,3,5-6H2,1H3. The molecule has 1 aromatic heterocycles. The van der Waals surface area contributed by atoms with Gasteiger partial charge in [0.15, 0.2) is 0 Å². The molecule has 2 heterocycles. The summed E-state index contributed by atoms with van der Waals surface area (Å²) in [4.78, 5) is 4.01. The van der Waals surface area contributed by atoms with Crippen molar-refractivity contribution in [3.63, 3.8) is 0 Å². The van der Waals surface area contributed by atoms with Gasteiger partial charge in [0.05, 0.1) is 23.3 Å². The summed E-state index contributed by atoms with van der Waals surface area (Å²) in [5.74, 6) is 0.215. The number of sulfone groups is 1.